The molecule has 3 nitrogen and oxygen atoms in total. The molecule has 0 spiro atoms. The predicted molar refractivity (Wildman–Crippen MR) is 80.3 cm³/mol. The molecule has 3 aromatic rings. The van der Waals surface area contributed by atoms with E-state index in [-0.39, 0.29) is 0 Å². The van der Waals surface area contributed by atoms with Crippen molar-refractivity contribution in [3.8, 4) is 22.4 Å². The van der Waals surface area contributed by atoms with Crippen molar-refractivity contribution < 1.29 is 0 Å². The summed E-state index contributed by atoms with van der Waals surface area (Å²) in [4.78, 5) is 12.6. The van der Waals surface area contributed by atoms with E-state index < -0.39 is 0 Å². The molecule has 0 fully saturated rings. The number of rotatable bonds is 3. The zero-order valence-electron chi connectivity index (χ0n) is 10.7. The van der Waals surface area contributed by atoms with Gasteiger partial charge in [0.05, 0.1) is 5.69 Å². The van der Waals surface area contributed by atoms with Crippen LogP contribution in [0.4, 0.5) is 0 Å². The SMILES string of the molecule is ClCc1cc(-c2ccncc2)ncc1-c1ccncc1. The smallest absolute Gasteiger partial charge is 0.0706 e. The molecular weight excluding hydrogens is 270 g/mol. The average Bonchev–Trinajstić information content (AvgIpc) is 2.56. The zero-order chi connectivity index (χ0) is 13.8. The average molecular weight is 282 g/mol. The van der Waals surface area contributed by atoms with Crippen LogP contribution in [0.5, 0.6) is 0 Å². The van der Waals surface area contributed by atoms with Crippen LogP contribution in [0.3, 0.4) is 0 Å². The van der Waals surface area contributed by atoms with Gasteiger partial charge in [-0.15, -0.1) is 11.6 Å². The third-order valence-corrected chi connectivity index (χ3v) is 3.39. The summed E-state index contributed by atoms with van der Waals surface area (Å²) >= 11 is 6.09. The monoisotopic (exact) mass is 281 g/mol. The van der Waals surface area contributed by atoms with Crippen LogP contribution in [-0.4, -0.2) is 15.0 Å². The van der Waals surface area contributed by atoms with Gasteiger partial charge in [0.25, 0.3) is 0 Å². The molecule has 0 unspecified atom stereocenters. The first kappa shape index (κ1) is 12.8. The molecular formula is C16H12ClN3. The molecule has 0 bridgehead atoms. The lowest BCUT2D eigenvalue weighted by molar-refractivity contribution is 1.25. The summed E-state index contributed by atoms with van der Waals surface area (Å²) < 4.78 is 0. The second-order valence-corrected chi connectivity index (χ2v) is 4.60. The predicted octanol–water partition coefficient (Wildman–Crippen LogP) is 3.94. The molecule has 0 atom stereocenters. The van der Waals surface area contributed by atoms with Crippen molar-refractivity contribution in [1.29, 1.82) is 0 Å². The van der Waals surface area contributed by atoms with Gasteiger partial charge in [0.2, 0.25) is 0 Å². The van der Waals surface area contributed by atoms with Crippen molar-refractivity contribution in [2.24, 2.45) is 0 Å². The van der Waals surface area contributed by atoms with Gasteiger partial charge in [0.1, 0.15) is 0 Å². The maximum atomic E-state index is 6.09. The molecule has 20 heavy (non-hydrogen) atoms. The van der Waals surface area contributed by atoms with Crippen molar-refractivity contribution in [2.75, 3.05) is 0 Å². The van der Waals surface area contributed by atoms with Gasteiger partial charge < -0.3 is 0 Å². The van der Waals surface area contributed by atoms with Crippen LogP contribution >= 0.6 is 11.6 Å². The fraction of sp³-hybridized carbons (Fsp3) is 0.0625. The van der Waals surface area contributed by atoms with E-state index in [0.29, 0.717) is 5.88 Å². The Morgan fingerprint density at radius 2 is 1.45 bits per heavy atom. The summed E-state index contributed by atoms with van der Waals surface area (Å²) in [5.74, 6) is 0.443. The van der Waals surface area contributed by atoms with Gasteiger partial charge in [0.15, 0.2) is 0 Å². The lowest BCUT2D eigenvalue weighted by Gasteiger charge is -2.09. The Bertz CT molecular complexity index is 699. The first-order valence-corrected chi connectivity index (χ1v) is 6.77. The lowest BCUT2D eigenvalue weighted by atomic mass is 10.0. The largest absolute Gasteiger partial charge is 0.265 e. The quantitative estimate of drug-likeness (QED) is 0.683. The van der Waals surface area contributed by atoms with Crippen LogP contribution in [0.1, 0.15) is 5.56 Å². The van der Waals surface area contributed by atoms with E-state index in [1.807, 2.05) is 36.5 Å². The molecule has 0 N–H and O–H groups in total. The fourth-order valence-electron chi connectivity index (χ4n) is 2.08. The van der Waals surface area contributed by atoms with Crippen molar-refractivity contribution in [3.63, 3.8) is 0 Å². The summed E-state index contributed by atoms with van der Waals surface area (Å²) in [5.41, 5.74) is 5.11. The van der Waals surface area contributed by atoms with E-state index in [1.165, 1.54) is 0 Å². The Balaban J connectivity index is 2.07. The molecule has 3 heterocycles. The van der Waals surface area contributed by atoms with Crippen molar-refractivity contribution in [3.05, 3.63) is 66.9 Å². The van der Waals surface area contributed by atoms with Crippen LogP contribution in [-0.2, 0) is 5.88 Å². The highest BCUT2D eigenvalue weighted by Gasteiger charge is 2.08. The molecule has 0 saturated carbocycles. The van der Waals surface area contributed by atoms with Crippen molar-refractivity contribution in [2.45, 2.75) is 5.88 Å². The summed E-state index contributed by atoms with van der Waals surface area (Å²) in [5, 5.41) is 0. The Morgan fingerprint density at radius 3 is 2.05 bits per heavy atom. The fourth-order valence-corrected chi connectivity index (χ4v) is 2.30. The van der Waals surface area contributed by atoms with E-state index >= 15 is 0 Å². The minimum Gasteiger partial charge on any atom is -0.265 e. The van der Waals surface area contributed by atoms with Crippen LogP contribution in [0.2, 0.25) is 0 Å². The maximum absolute atomic E-state index is 6.09. The van der Waals surface area contributed by atoms with Crippen LogP contribution in [0.15, 0.2) is 61.3 Å². The minimum atomic E-state index is 0.443. The van der Waals surface area contributed by atoms with E-state index in [2.05, 4.69) is 15.0 Å². The summed E-state index contributed by atoms with van der Waals surface area (Å²) in [6, 6.07) is 9.81. The van der Waals surface area contributed by atoms with E-state index in [1.54, 1.807) is 24.8 Å². The molecule has 0 aliphatic rings. The summed E-state index contributed by atoms with van der Waals surface area (Å²) in [6.45, 7) is 0. The zero-order valence-corrected chi connectivity index (χ0v) is 11.5. The Labute approximate surface area is 122 Å². The number of hydrogen-bond acceptors (Lipinski definition) is 3. The second-order valence-electron chi connectivity index (χ2n) is 4.33. The number of halogens is 1. The Morgan fingerprint density at radius 1 is 0.850 bits per heavy atom. The molecule has 98 valence electrons. The summed E-state index contributed by atoms with van der Waals surface area (Å²) in [6.07, 6.45) is 8.92. The van der Waals surface area contributed by atoms with Gasteiger partial charge in [-0.3, -0.25) is 15.0 Å². The van der Waals surface area contributed by atoms with Crippen LogP contribution in [0.25, 0.3) is 22.4 Å². The second kappa shape index (κ2) is 5.80. The van der Waals surface area contributed by atoms with Gasteiger partial charge in [-0.05, 0) is 41.5 Å². The third-order valence-electron chi connectivity index (χ3n) is 3.10. The number of nitrogens with zero attached hydrogens (tertiary/aromatic N) is 3. The molecule has 0 radical (unpaired) electrons. The molecule has 0 aliphatic heterocycles. The Kier molecular flexibility index (Phi) is 3.70. The number of hydrogen-bond donors (Lipinski definition) is 0. The highest BCUT2D eigenvalue weighted by Crippen LogP contribution is 2.27. The minimum absolute atomic E-state index is 0.443. The molecule has 3 rings (SSSR count). The maximum Gasteiger partial charge on any atom is 0.0706 e. The van der Waals surface area contributed by atoms with Gasteiger partial charge in [-0.25, -0.2) is 0 Å². The highest BCUT2D eigenvalue weighted by atomic mass is 35.5. The van der Waals surface area contributed by atoms with Gasteiger partial charge >= 0.3 is 0 Å². The van der Waals surface area contributed by atoms with E-state index in [4.69, 9.17) is 11.6 Å². The highest BCUT2D eigenvalue weighted by molar-refractivity contribution is 6.17. The van der Waals surface area contributed by atoms with Gasteiger partial charge in [0, 0.05) is 48.0 Å². The standard InChI is InChI=1S/C16H12ClN3/c17-10-14-9-16(13-3-7-19-8-4-13)20-11-15(14)12-1-5-18-6-2-12/h1-9,11H,10H2. The lowest BCUT2D eigenvalue weighted by Crippen LogP contribution is -1.92. The summed E-state index contributed by atoms with van der Waals surface area (Å²) in [7, 11) is 0. The van der Waals surface area contributed by atoms with Crippen molar-refractivity contribution in [1.82, 2.24) is 15.0 Å². The topological polar surface area (TPSA) is 38.7 Å². The molecule has 0 aliphatic carbocycles. The van der Waals surface area contributed by atoms with Gasteiger partial charge in [-0.1, -0.05) is 0 Å². The Hall–Kier alpha value is -2.26. The molecule has 0 amide bonds. The van der Waals surface area contributed by atoms with E-state index in [0.717, 1.165) is 27.9 Å². The van der Waals surface area contributed by atoms with E-state index in [9.17, 15) is 0 Å². The molecule has 4 heteroatoms. The van der Waals surface area contributed by atoms with Crippen LogP contribution in [0, 0.1) is 0 Å². The van der Waals surface area contributed by atoms with Crippen LogP contribution < -0.4 is 0 Å². The number of alkyl halides is 1. The normalized spacial score (nSPS) is 10.4. The number of aromatic nitrogens is 3. The molecule has 3 aromatic heterocycles. The first-order chi connectivity index (χ1) is 9.88. The molecule has 0 saturated heterocycles. The number of pyridine rings is 3. The first-order valence-electron chi connectivity index (χ1n) is 6.24. The third kappa shape index (κ3) is 2.53. The van der Waals surface area contributed by atoms with Gasteiger partial charge in [-0.2, -0.15) is 0 Å². The van der Waals surface area contributed by atoms with Crippen molar-refractivity contribution >= 4 is 11.6 Å². The molecule has 0 aromatic carbocycles.